The first-order valence-corrected chi connectivity index (χ1v) is 6.88. The molecule has 0 saturated carbocycles. The van der Waals surface area contributed by atoms with E-state index in [1.54, 1.807) is 7.11 Å². The predicted molar refractivity (Wildman–Crippen MR) is 83.6 cm³/mol. The van der Waals surface area contributed by atoms with Crippen molar-refractivity contribution in [2.45, 2.75) is 20.3 Å². The average molecular weight is 265 g/mol. The van der Waals surface area contributed by atoms with Crippen LogP contribution in [0.2, 0.25) is 0 Å². The zero-order chi connectivity index (χ0) is 14.1. The van der Waals surface area contributed by atoms with Gasteiger partial charge in [-0.2, -0.15) is 0 Å². The van der Waals surface area contributed by atoms with Crippen molar-refractivity contribution in [1.29, 1.82) is 0 Å². The summed E-state index contributed by atoms with van der Waals surface area (Å²) in [5.74, 6) is 0.905. The number of benzene rings is 2. The summed E-state index contributed by atoms with van der Waals surface area (Å²) < 4.78 is 5.35. The first-order chi connectivity index (χ1) is 9.69. The third-order valence-electron chi connectivity index (χ3n) is 3.96. The predicted octanol–water partition coefficient (Wildman–Crippen LogP) is 4.38. The molecule has 102 valence electrons. The van der Waals surface area contributed by atoms with Gasteiger partial charge in [0.1, 0.15) is 5.75 Å². The van der Waals surface area contributed by atoms with E-state index in [4.69, 9.17) is 4.74 Å². The molecule has 0 saturated heterocycles. The minimum Gasteiger partial charge on any atom is -0.497 e. The monoisotopic (exact) mass is 265 g/mol. The lowest BCUT2D eigenvalue weighted by Gasteiger charge is -2.06. The van der Waals surface area contributed by atoms with Gasteiger partial charge in [-0.15, -0.1) is 0 Å². The number of hydrogen-bond donors (Lipinski definition) is 1. The van der Waals surface area contributed by atoms with Crippen LogP contribution in [0.3, 0.4) is 0 Å². The number of aromatic amines is 1. The first-order valence-electron chi connectivity index (χ1n) is 6.88. The van der Waals surface area contributed by atoms with Crippen LogP contribution in [0.25, 0.3) is 10.9 Å². The second kappa shape index (κ2) is 5.04. The second-order valence-corrected chi connectivity index (χ2v) is 5.24. The minimum absolute atomic E-state index is 0.905. The van der Waals surface area contributed by atoms with E-state index in [2.05, 4.69) is 55.2 Å². The van der Waals surface area contributed by atoms with Crippen LogP contribution >= 0.6 is 0 Å². The highest BCUT2D eigenvalue weighted by Gasteiger charge is 2.11. The summed E-state index contributed by atoms with van der Waals surface area (Å²) in [4.78, 5) is 3.46. The van der Waals surface area contributed by atoms with E-state index < -0.39 is 0 Å². The third kappa shape index (κ3) is 2.18. The van der Waals surface area contributed by atoms with Gasteiger partial charge in [0.15, 0.2) is 0 Å². The van der Waals surface area contributed by atoms with Crippen molar-refractivity contribution in [2.24, 2.45) is 0 Å². The van der Waals surface area contributed by atoms with Gasteiger partial charge in [-0.1, -0.05) is 24.3 Å². The van der Waals surface area contributed by atoms with Gasteiger partial charge in [0.25, 0.3) is 0 Å². The summed E-state index contributed by atoms with van der Waals surface area (Å²) in [6.45, 7) is 4.31. The zero-order valence-electron chi connectivity index (χ0n) is 12.2. The molecule has 0 bridgehead atoms. The van der Waals surface area contributed by atoms with Crippen LogP contribution in [0, 0.1) is 13.8 Å². The molecule has 0 aliphatic carbocycles. The number of H-pyrrole nitrogens is 1. The molecule has 2 heteroatoms. The molecular weight excluding hydrogens is 246 g/mol. The van der Waals surface area contributed by atoms with Crippen LogP contribution in [0.4, 0.5) is 0 Å². The molecule has 2 nitrogen and oxygen atoms in total. The van der Waals surface area contributed by atoms with Crippen molar-refractivity contribution >= 4 is 10.9 Å². The summed E-state index contributed by atoms with van der Waals surface area (Å²) in [5, 5.41) is 1.25. The van der Waals surface area contributed by atoms with Crippen LogP contribution in [0.15, 0.2) is 42.5 Å². The Morgan fingerprint density at radius 3 is 2.60 bits per heavy atom. The Kier molecular flexibility index (Phi) is 3.23. The second-order valence-electron chi connectivity index (χ2n) is 5.24. The van der Waals surface area contributed by atoms with Crippen LogP contribution in [0.5, 0.6) is 5.75 Å². The Bertz CT molecular complexity index is 755. The highest BCUT2D eigenvalue weighted by atomic mass is 16.5. The van der Waals surface area contributed by atoms with Crippen LogP contribution in [-0.4, -0.2) is 12.1 Å². The molecule has 0 spiro atoms. The molecule has 0 unspecified atom stereocenters. The van der Waals surface area contributed by atoms with E-state index in [1.165, 1.54) is 33.3 Å². The lowest BCUT2D eigenvalue weighted by molar-refractivity contribution is 0.415. The van der Waals surface area contributed by atoms with Gasteiger partial charge in [0, 0.05) is 23.0 Å². The van der Waals surface area contributed by atoms with E-state index in [0.717, 1.165) is 12.2 Å². The van der Waals surface area contributed by atoms with Gasteiger partial charge in [-0.25, -0.2) is 0 Å². The molecule has 20 heavy (non-hydrogen) atoms. The fraction of sp³-hybridized carbons (Fsp3) is 0.222. The van der Waals surface area contributed by atoms with Crippen molar-refractivity contribution < 1.29 is 4.74 Å². The van der Waals surface area contributed by atoms with E-state index in [-0.39, 0.29) is 0 Å². The van der Waals surface area contributed by atoms with Crippen LogP contribution in [-0.2, 0) is 6.42 Å². The molecule has 0 radical (unpaired) electrons. The zero-order valence-corrected chi connectivity index (χ0v) is 12.2. The maximum absolute atomic E-state index is 5.35. The number of aromatic nitrogens is 1. The maximum Gasteiger partial charge on any atom is 0.119 e. The smallest absolute Gasteiger partial charge is 0.119 e. The lowest BCUT2D eigenvalue weighted by Crippen LogP contribution is -1.92. The molecule has 0 amide bonds. The van der Waals surface area contributed by atoms with Gasteiger partial charge in [0.2, 0.25) is 0 Å². The first kappa shape index (κ1) is 12.8. The number of rotatable bonds is 3. The Morgan fingerprint density at radius 2 is 1.85 bits per heavy atom. The number of fused-ring (bicyclic) bond motifs is 1. The molecule has 3 rings (SSSR count). The minimum atomic E-state index is 0.905. The fourth-order valence-corrected chi connectivity index (χ4v) is 2.72. The number of aryl methyl sites for hydroxylation is 2. The summed E-state index contributed by atoms with van der Waals surface area (Å²) >= 11 is 0. The van der Waals surface area contributed by atoms with E-state index in [1.807, 2.05) is 6.07 Å². The standard InChI is InChI=1S/C18H19NO/c1-12-6-4-5-7-14(12)10-16-13(2)19-18-9-8-15(20-3)11-17(16)18/h4-9,11,19H,10H2,1-3H3. The van der Waals surface area contributed by atoms with Crippen LogP contribution in [0.1, 0.15) is 22.4 Å². The molecule has 1 heterocycles. The van der Waals surface area contributed by atoms with E-state index in [9.17, 15) is 0 Å². The molecule has 2 aromatic carbocycles. The van der Waals surface area contributed by atoms with Crippen molar-refractivity contribution in [3.8, 4) is 5.75 Å². The molecule has 0 aliphatic rings. The Labute approximate surface area is 119 Å². The quantitative estimate of drug-likeness (QED) is 0.746. The van der Waals surface area contributed by atoms with Gasteiger partial charge in [0.05, 0.1) is 7.11 Å². The van der Waals surface area contributed by atoms with E-state index in [0.29, 0.717) is 0 Å². The summed E-state index contributed by atoms with van der Waals surface area (Å²) in [5.41, 5.74) is 6.47. The maximum atomic E-state index is 5.35. The van der Waals surface area contributed by atoms with Crippen molar-refractivity contribution in [3.05, 3.63) is 64.8 Å². The summed E-state index contributed by atoms with van der Waals surface area (Å²) in [6, 6.07) is 14.8. The highest BCUT2D eigenvalue weighted by molar-refractivity contribution is 5.86. The van der Waals surface area contributed by atoms with E-state index >= 15 is 0 Å². The molecular formula is C18H19NO. The topological polar surface area (TPSA) is 25.0 Å². The molecule has 1 aromatic heterocycles. The van der Waals surface area contributed by atoms with Crippen LogP contribution < -0.4 is 4.74 Å². The summed E-state index contributed by atoms with van der Waals surface area (Å²) in [7, 11) is 1.71. The summed E-state index contributed by atoms with van der Waals surface area (Å²) in [6.07, 6.45) is 0.950. The number of ether oxygens (including phenoxy) is 1. The number of methoxy groups -OCH3 is 1. The SMILES string of the molecule is COc1ccc2[nH]c(C)c(Cc3ccccc3C)c2c1. The third-order valence-corrected chi connectivity index (χ3v) is 3.96. The fourth-order valence-electron chi connectivity index (χ4n) is 2.72. The van der Waals surface area contributed by atoms with Gasteiger partial charge in [-0.05, 0) is 48.7 Å². The molecule has 3 aromatic rings. The lowest BCUT2D eigenvalue weighted by atomic mass is 9.98. The van der Waals surface area contributed by atoms with Crippen molar-refractivity contribution in [1.82, 2.24) is 4.98 Å². The average Bonchev–Trinajstić information content (AvgIpc) is 2.77. The highest BCUT2D eigenvalue weighted by Crippen LogP contribution is 2.28. The van der Waals surface area contributed by atoms with Gasteiger partial charge in [-0.3, -0.25) is 0 Å². The van der Waals surface area contributed by atoms with Crippen molar-refractivity contribution in [3.63, 3.8) is 0 Å². The number of nitrogens with one attached hydrogen (secondary N) is 1. The Balaban J connectivity index is 2.11. The Morgan fingerprint density at radius 1 is 1.05 bits per heavy atom. The molecule has 1 N–H and O–H groups in total. The Hall–Kier alpha value is -2.22. The molecule has 0 atom stereocenters. The normalized spacial score (nSPS) is 10.9. The molecule has 0 aliphatic heterocycles. The largest absolute Gasteiger partial charge is 0.497 e. The van der Waals surface area contributed by atoms with Crippen molar-refractivity contribution in [2.75, 3.05) is 7.11 Å². The number of hydrogen-bond acceptors (Lipinski definition) is 1. The molecule has 0 fully saturated rings. The van der Waals surface area contributed by atoms with Gasteiger partial charge >= 0.3 is 0 Å². The van der Waals surface area contributed by atoms with Gasteiger partial charge < -0.3 is 9.72 Å².